The molecule has 3 saturated carbocycles. The van der Waals surface area contributed by atoms with Gasteiger partial charge in [0.15, 0.2) is 0 Å². The minimum absolute atomic E-state index is 0.566. The van der Waals surface area contributed by atoms with Crippen LogP contribution in [0.2, 0.25) is 0 Å². The molecule has 158 valence electrons. The van der Waals surface area contributed by atoms with Crippen LogP contribution in [0.4, 0.5) is 0 Å². The summed E-state index contributed by atoms with van der Waals surface area (Å²) in [6.07, 6.45) is 14.7. The van der Waals surface area contributed by atoms with Gasteiger partial charge in [0.05, 0.1) is 0 Å². The predicted molar refractivity (Wildman–Crippen MR) is 120 cm³/mol. The van der Waals surface area contributed by atoms with E-state index in [9.17, 15) is 0 Å². The highest BCUT2D eigenvalue weighted by atomic mass is 14.7. The van der Waals surface area contributed by atoms with Crippen LogP contribution in [-0.4, -0.2) is 0 Å². The SMILES string of the molecule is CCC(C)CC(C)C[C@@H]1C(C)CC[C@H]2[C@@]1(C)CC[C@H]1C(C)(C)CCC[C@]21C. The van der Waals surface area contributed by atoms with Crippen molar-refractivity contribution >= 4 is 0 Å². The molecule has 0 nitrogen and oxygen atoms in total. The highest BCUT2D eigenvalue weighted by molar-refractivity contribution is 5.10. The molecule has 0 radical (unpaired) electrons. The summed E-state index contributed by atoms with van der Waals surface area (Å²) in [6.45, 7) is 20.6. The van der Waals surface area contributed by atoms with Gasteiger partial charge in [-0.25, -0.2) is 0 Å². The van der Waals surface area contributed by atoms with Gasteiger partial charge in [-0.2, -0.15) is 0 Å². The van der Waals surface area contributed by atoms with E-state index in [0.717, 1.165) is 35.5 Å². The first kappa shape index (κ1) is 21.7. The van der Waals surface area contributed by atoms with Crippen LogP contribution in [0.5, 0.6) is 0 Å². The van der Waals surface area contributed by atoms with Crippen molar-refractivity contribution in [2.24, 2.45) is 51.8 Å². The van der Waals surface area contributed by atoms with Crippen molar-refractivity contribution < 1.29 is 0 Å². The Hall–Kier alpha value is 0. The number of fused-ring (bicyclic) bond motifs is 3. The Labute approximate surface area is 171 Å². The highest BCUT2D eigenvalue weighted by Crippen LogP contribution is 2.69. The van der Waals surface area contributed by atoms with Gasteiger partial charge in [0.2, 0.25) is 0 Å². The second kappa shape index (κ2) is 7.68. The van der Waals surface area contributed by atoms with E-state index in [2.05, 4.69) is 55.4 Å². The number of rotatable bonds is 5. The molecule has 3 fully saturated rings. The average molecular weight is 375 g/mol. The molecule has 27 heavy (non-hydrogen) atoms. The van der Waals surface area contributed by atoms with Crippen molar-refractivity contribution in [1.29, 1.82) is 0 Å². The molecule has 0 aromatic carbocycles. The Kier molecular flexibility index (Phi) is 6.17. The second-order valence-corrected chi connectivity index (χ2v) is 12.7. The van der Waals surface area contributed by atoms with Crippen LogP contribution < -0.4 is 0 Å². The van der Waals surface area contributed by atoms with Crippen molar-refractivity contribution in [3.05, 3.63) is 0 Å². The molecule has 0 saturated heterocycles. The molecule has 0 heterocycles. The minimum atomic E-state index is 0.566. The fourth-order valence-corrected chi connectivity index (χ4v) is 8.96. The average Bonchev–Trinajstić information content (AvgIpc) is 2.56. The van der Waals surface area contributed by atoms with Gasteiger partial charge in [0.1, 0.15) is 0 Å². The molecule has 0 aromatic rings. The monoisotopic (exact) mass is 374 g/mol. The molecule has 0 N–H and O–H groups in total. The third-order valence-corrected chi connectivity index (χ3v) is 10.4. The first-order chi connectivity index (χ1) is 12.5. The summed E-state index contributed by atoms with van der Waals surface area (Å²) in [4.78, 5) is 0. The maximum atomic E-state index is 2.75. The van der Waals surface area contributed by atoms with Crippen LogP contribution >= 0.6 is 0 Å². The highest BCUT2D eigenvalue weighted by Gasteiger charge is 2.61. The van der Waals surface area contributed by atoms with Crippen LogP contribution in [-0.2, 0) is 0 Å². The molecule has 3 aliphatic rings. The summed E-state index contributed by atoms with van der Waals surface area (Å²) in [5, 5.41) is 0. The molecule has 0 aromatic heterocycles. The topological polar surface area (TPSA) is 0 Å². The van der Waals surface area contributed by atoms with Gasteiger partial charge in [0.25, 0.3) is 0 Å². The lowest BCUT2D eigenvalue weighted by Crippen LogP contribution is -2.59. The lowest BCUT2D eigenvalue weighted by molar-refractivity contribution is -0.176. The number of hydrogen-bond donors (Lipinski definition) is 0. The molecule has 0 heteroatoms. The summed E-state index contributed by atoms with van der Waals surface area (Å²) in [7, 11) is 0. The molecular formula is C27H50. The zero-order chi connectivity index (χ0) is 20.0. The summed E-state index contributed by atoms with van der Waals surface area (Å²) in [5.41, 5.74) is 1.77. The fraction of sp³-hybridized carbons (Fsp3) is 1.00. The Morgan fingerprint density at radius 2 is 1.52 bits per heavy atom. The first-order valence-electron chi connectivity index (χ1n) is 12.5. The molecule has 0 bridgehead atoms. The van der Waals surface area contributed by atoms with Crippen molar-refractivity contribution in [2.45, 2.75) is 120 Å². The van der Waals surface area contributed by atoms with Gasteiger partial charge in [-0.15, -0.1) is 0 Å². The van der Waals surface area contributed by atoms with Gasteiger partial charge in [-0.3, -0.25) is 0 Å². The van der Waals surface area contributed by atoms with E-state index >= 15 is 0 Å². The molecular weight excluding hydrogens is 324 g/mol. The van der Waals surface area contributed by atoms with E-state index in [1.807, 2.05) is 0 Å². The van der Waals surface area contributed by atoms with Crippen molar-refractivity contribution in [2.75, 3.05) is 0 Å². The maximum Gasteiger partial charge on any atom is -0.0259 e. The Bertz CT molecular complexity index is 504. The van der Waals surface area contributed by atoms with E-state index < -0.39 is 0 Å². The quantitative estimate of drug-likeness (QED) is 0.451. The van der Waals surface area contributed by atoms with Crippen molar-refractivity contribution in [3.8, 4) is 0 Å². The largest absolute Gasteiger partial charge is 0.0651 e. The van der Waals surface area contributed by atoms with E-state index in [-0.39, 0.29) is 0 Å². The van der Waals surface area contributed by atoms with Crippen LogP contribution in [0.1, 0.15) is 120 Å². The molecule has 0 amide bonds. The van der Waals surface area contributed by atoms with E-state index in [0.29, 0.717) is 16.2 Å². The fourth-order valence-electron chi connectivity index (χ4n) is 8.96. The molecule has 3 unspecified atom stereocenters. The van der Waals surface area contributed by atoms with E-state index in [1.54, 1.807) is 0 Å². The van der Waals surface area contributed by atoms with Gasteiger partial charge in [0, 0.05) is 0 Å². The first-order valence-corrected chi connectivity index (χ1v) is 12.5. The van der Waals surface area contributed by atoms with Gasteiger partial charge >= 0.3 is 0 Å². The molecule has 3 aliphatic carbocycles. The van der Waals surface area contributed by atoms with Gasteiger partial charge < -0.3 is 0 Å². The third-order valence-electron chi connectivity index (χ3n) is 10.4. The third kappa shape index (κ3) is 3.77. The van der Waals surface area contributed by atoms with Crippen LogP contribution in [0.3, 0.4) is 0 Å². The smallest absolute Gasteiger partial charge is 0.0259 e. The Morgan fingerprint density at radius 3 is 2.19 bits per heavy atom. The van der Waals surface area contributed by atoms with Crippen molar-refractivity contribution in [3.63, 3.8) is 0 Å². The normalized spacial score (nSPS) is 46.2. The molecule has 0 aliphatic heterocycles. The predicted octanol–water partition coefficient (Wildman–Crippen LogP) is 8.74. The summed E-state index contributed by atoms with van der Waals surface area (Å²) in [6, 6.07) is 0. The Balaban J connectivity index is 1.84. The second-order valence-electron chi connectivity index (χ2n) is 12.7. The van der Waals surface area contributed by atoms with Crippen LogP contribution in [0.15, 0.2) is 0 Å². The van der Waals surface area contributed by atoms with Crippen LogP contribution in [0, 0.1) is 51.8 Å². The summed E-state index contributed by atoms with van der Waals surface area (Å²) in [5.74, 6) is 5.62. The molecule has 0 spiro atoms. The van der Waals surface area contributed by atoms with Gasteiger partial charge in [-0.1, -0.05) is 74.7 Å². The zero-order valence-corrected chi connectivity index (χ0v) is 20.0. The minimum Gasteiger partial charge on any atom is -0.0651 e. The van der Waals surface area contributed by atoms with Crippen LogP contribution in [0.25, 0.3) is 0 Å². The van der Waals surface area contributed by atoms with E-state index in [4.69, 9.17) is 0 Å². The van der Waals surface area contributed by atoms with Gasteiger partial charge in [-0.05, 0) is 96.7 Å². The lowest BCUT2D eigenvalue weighted by atomic mass is 9.38. The lowest BCUT2D eigenvalue weighted by Gasteiger charge is -2.67. The number of hydrogen-bond acceptors (Lipinski definition) is 0. The standard InChI is InChI=1S/C27H50/c1-9-19(2)17-20(3)18-22-21(4)11-12-24-26(22,7)16-13-23-25(5,6)14-10-15-27(23,24)8/h19-24H,9-18H2,1-8H3/t19?,20?,21?,22-,23+,24+,26+,27+/m1/s1. The van der Waals surface area contributed by atoms with Crippen molar-refractivity contribution in [1.82, 2.24) is 0 Å². The molecule has 8 atom stereocenters. The zero-order valence-electron chi connectivity index (χ0n) is 20.0. The van der Waals surface area contributed by atoms with E-state index in [1.165, 1.54) is 64.2 Å². The summed E-state index contributed by atoms with van der Waals surface area (Å²) < 4.78 is 0. The summed E-state index contributed by atoms with van der Waals surface area (Å²) >= 11 is 0. The molecule has 3 rings (SSSR count). The Morgan fingerprint density at radius 1 is 0.815 bits per heavy atom. The maximum absolute atomic E-state index is 2.75.